The lowest BCUT2D eigenvalue weighted by Gasteiger charge is -2.16. The Morgan fingerprint density at radius 2 is 1.81 bits per heavy atom. The molecular formula is C23H22ClN3. The Morgan fingerprint density at radius 3 is 2.59 bits per heavy atom. The van der Waals surface area contributed by atoms with Gasteiger partial charge in [-0.15, -0.1) is 0 Å². The molecule has 2 N–H and O–H groups in total. The van der Waals surface area contributed by atoms with Crippen molar-refractivity contribution in [1.82, 2.24) is 9.97 Å². The molecule has 4 aromatic rings. The molecule has 0 spiro atoms. The first kappa shape index (κ1) is 17.6. The third-order valence-corrected chi connectivity index (χ3v) is 5.30. The van der Waals surface area contributed by atoms with Gasteiger partial charge in [-0.05, 0) is 47.4 Å². The third-order valence-electron chi connectivity index (χ3n) is 5.04. The summed E-state index contributed by atoms with van der Waals surface area (Å²) in [5.74, 6) is 0.777. The Kier molecular flexibility index (Phi) is 4.87. The summed E-state index contributed by atoms with van der Waals surface area (Å²) in [7, 11) is 0. The number of aromatic nitrogens is 2. The maximum atomic E-state index is 6.01. The van der Waals surface area contributed by atoms with E-state index in [2.05, 4.69) is 72.7 Å². The summed E-state index contributed by atoms with van der Waals surface area (Å²) in [6, 6.07) is 20.9. The average molecular weight is 376 g/mol. The molecular weight excluding hydrogens is 354 g/mol. The molecule has 0 bridgehead atoms. The summed E-state index contributed by atoms with van der Waals surface area (Å²) in [5.41, 5.74) is 4.54. The van der Waals surface area contributed by atoms with E-state index in [4.69, 9.17) is 16.6 Å². The summed E-state index contributed by atoms with van der Waals surface area (Å²) >= 11 is 6.01. The highest BCUT2D eigenvalue weighted by molar-refractivity contribution is 6.30. The van der Waals surface area contributed by atoms with Crippen LogP contribution in [0.15, 0.2) is 66.9 Å². The molecule has 4 rings (SSSR count). The molecule has 0 radical (unpaired) electrons. The van der Waals surface area contributed by atoms with Crippen LogP contribution in [-0.4, -0.2) is 9.97 Å². The molecule has 1 aromatic heterocycles. The molecule has 1 atom stereocenters. The van der Waals surface area contributed by atoms with Crippen LogP contribution in [0.4, 0.5) is 5.95 Å². The zero-order valence-electron chi connectivity index (χ0n) is 15.5. The van der Waals surface area contributed by atoms with E-state index in [9.17, 15) is 0 Å². The number of hydrogen-bond acceptors (Lipinski definition) is 2. The predicted octanol–water partition coefficient (Wildman–Crippen LogP) is 6.75. The number of H-pyrrole nitrogens is 1. The second kappa shape index (κ2) is 7.45. The number of hydrogen-bond donors (Lipinski definition) is 2. The van der Waals surface area contributed by atoms with Gasteiger partial charge in [0.2, 0.25) is 5.95 Å². The van der Waals surface area contributed by atoms with Gasteiger partial charge in [0.1, 0.15) is 0 Å². The molecule has 1 unspecified atom stereocenters. The lowest BCUT2D eigenvalue weighted by atomic mass is 9.99. The van der Waals surface area contributed by atoms with Crippen LogP contribution < -0.4 is 5.32 Å². The molecule has 4 heteroatoms. The first-order valence-electron chi connectivity index (χ1n) is 9.22. The van der Waals surface area contributed by atoms with Crippen LogP contribution in [0.1, 0.15) is 30.5 Å². The minimum atomic E-state index is 0.180. The first-order chi connectivity index (χ1) is 13.2. The average Bonchev–Trinajstić information content (AvgIpc) is 3.16. The van der Waals surface area contributed by atoms with Crippen LogP contribution in [0, 0.1) is 6.92 Å². The number of imidazole rings is 1. The smallest absolute Gasteiger partial charge is 0.201 e. The van der Waals surface area contributed by atoms with Crippen molar-refractivity contribution in [2.75, 3.05) is 5.32 Å². The number of anilines is 1. The number of aryl methyl sites for hydroxylation is 1. The van der Waals surface area contributed by atoms with E-state index in [1.54, 1.807) is 0 Å². The van der Waals surface area contributed by atoms with Crippen LogP contribution in [0.2, 0.25) is 5.02 Å². The molecule has 0 aliphatic heterocycles. The maximum Gasteiger partial charge on any atom is 0.201 e. The van der Waals surface area contributed by atoms with Gasteiger partial charge in [0, 0.05) is 16.8 Å². The Hall–Kier alpha value is -2.78. The lowest BCUT2D eigenvalue weighted by molar-refractivity contribution is 0.741. The summed E-state index contributed by atoms with van der Waals surface area (Å²) in [6.45, 7) is 4.31. The zero-order chi connectivity index (χ0) is 18.8. The van der Waals surface area contributed by atoms with E-state index in [0.717, 1.165) is 28.6 Å². The molecule has 136 valence electrons. The molecule has 27 heavy (non-hydrogen) atoms. The highest BCUT2D eigenvalue weighted by Gasteiger charge is 2.13. The molecule has 0 amide bonds. The standard InChI is InChI=1S/C23H22ClN3/c1-3-21(17-8-11-18(24)12-9-17)26-23-25-14-22(27-23)20-13-10-16-6-4-5-7-19(16)15(20)2/h4-14,21H,3H2,1-2H3,(H2,25,26,27). The number of benzene rings is 3. The topological polar surface area (TPSA) is 40.7 Å². The van der Waals surface area contributed by atoms with Crippen molar-refractivity contribution < 1.29 is 0 Å². The fourth-order valence-corrected chi connectivity index (χ4v) is 3.65. The number of nitrogens with zero attached hydrogens (tertiary/aromatic N) is 1. The van der Waals surface area contributed by atoms with Gasteiger partial charge in [-0.25, -0.2) is 4.98 Å². The molecule has 3 aromatic carbocycles. The molecule has 3 nitrogen and oxygen atoms in total. The normalized spacial score (nSPS) is 12.3. The van der Waals surface area contributed by atoms with Crippen molar-refractivity contribution in [3.63, 3.8) is 0 Å². The molecule has 0 aliphatic rings. The first-order valence-corrected chi connectivity index (χ1v) is 9.59. The summed E-state index contributed by atoms with van der Waals surface area (Å²) in [4.78, 5) is 8.06. The molecule has 1 heterocycles. The maximum absolute atomic E-state index is 6.01. The van der Waals surface area contributed by atoms with Gasteiger partial charge in [-0.1, -0.05) is 67.1 Å². The van der Waals surface area contributed by atoms with E-state index in [1.807, 2.05) is 18.3 Å². The van der Waals surface area contributed by atoms with Gasteiger partial charge in [0.25, 0.3) is 0 Å². The van der Waals surface area contributed by atoms with E-state index in [0.29, 0.717) is 0 Å². The van der Waals surface area contributed by atoms with Gasteiger partial charge < -0.3 is 10.3 Å². The van der Waals surface area contributed by atoms with E-state index in [1.165, 1.54) is 21.9 Å². The molecule has 0 fully saturated rings. The monoisotopic (exact) mass is 375 g/mol. The van der Waals surface area contributed by atoms with Gasteiger partial charge in [0.15, 0.2) is 0 Å². The summed E-state index contributed by atoms with van der Waals surface area (Å²) in [6.07, 6.45) is 2.92. The Balaban J connectivity index is 1.61. The van der Waals surface area contributed by atoms with Crippen LogP contribution in [0.25, 0.3) is 22.0 Å². The van der Waals surface area contributed by atoms with Gasteiger partial charge >= 0.3 is 0 Å². The van der Waals surface area contributed by atoms with Gasteiger partial charge in [-0.3, -0.25) is 0 Å². The highest BCUT2D eigenvalue weighted by Crippen LogP contribution is 2.30. The quantitative estimate of drug-likeness (QED) is 0.404. The third kappa shape index (κ3) is 3.56. The fraction of sp³-hybridized carbons (Fsp3) is 0.174. The highest BCUT2D eigenvalue weighted by atomic mass is 35.5. The Bertz CT molecular complexity index is 1070. The SMILES string of the molecule is CCC(Nc1nc(-c2ccc3ccccc3c2C)c[nH]1)c1ccc(Cl)cc1. The van der Waals surface area contributed by atoms with Crippen LogP contribution >= 0.6 is 11.6 Å². The second-order valence-electron chi connectivity index (χ2n) is 6.75. The van der Waals surface area contributed by atoms with Crippen molar-refractivity contribution in [3.8, 4) is 11.3 Å². The van der Waals surface area contributed by atoms with E-state index >= 15 is 0 Å². The number of rotatable bonds is 5. The number of aromatic amines is 1. The number of halogens is 1. The van der Waals surface area contributed by atoms with Gasteiger partial charge in [-0.2, -0.15) is 0 Å². The van der Waals surface area contributed by atoms with Crippen molar-refractivity contribution in [2.24, 2.45) is 0 Å². The largest absolute Gasteiger partial charge is 0.349 e. The van der Waals surface area contributed by atoms with Crippen LogP contribution in [0.3, 0.4) is 0 Å². The molecule has 0 saturated heterocycles. The van der Waals surface area contributed by atoms with E-state index in [-0.39, 0.29) is 6.04 Å². The second-order valence-corrected chi connectivity index (χ2v) is 7.19. The molecule has 0 aliphatic carbocycles. The minimum Gasteiger partial charge on any atom is -0.349 e. The van der Waals surface area contributed by atoms with Crippen molar-refractivity contribution in [3.05, 3.63) is 83.0 Å². The predicted molar refractivity (Wildman–Crippen MR) is 114 cm³/mol. The van der Waals surface area contributed by atoms with Crippen molar-refractivity contribution in [2.45, 2.75) is 26.3 Å². The van der Waals surface area contributed by atoms with E-state index < -0.39 is 0 Å². The van der Waals surface area contributed by atoms with Gasteiger partial charge in [0.05, 0.1) is 11.7 Å². The van der Waals surface area contributed by atoms with Crippen molar-refractivity contribution >= 4 is 28.3 Å². The number of fused-ring (bicyclic) bond motifs is 1. The van der Waals surface area contributed by atoms with Crippen LogP contribution in [-0.2, 0) is 0 Å². The Labute approximate surface area is 164 Å². The van der Waals surface area contributed by atoms with Crippen molar-refractivity contribution in [1.29, 1.82) is 0 Å². The Morgan fingerprint density at radius 1 is 1.04 bits per heavy atom. The summed E-state index contributed by atoms with van der Waals surface area (Å²) < 4.78 is 0. The van der Waals surface area contributed by atoms with Crippen LogP contribution in [0.5, 0.6) is 0 Å². The fourth-order valence-electron chi connectivity index (χ4n) is 3.52. The lowest BCUT2D eigenvalue weighted by Crippen LogP contribution is -2.10. The number of nitrogens with one attached hydrogen (secondary N) is 2. The summed E-state index contributed by atoms with van der Waals surface area (Å²) in [5, 5.41) is 6.77. The molecule has 0 saturated carbocycles. The minimum absolute atomic E-state index is 0.180. The zero-order valence-corrected chi connectivity index (χ0v) is 16.2.